The Hall–Kier alpha value is -0.780. The summed E-state index contributed by atoms with van der Waals surface area (Å²) in [5, 5.41) is 2.55. The molecule has 2 atom stereocenters. The van der Waals surface area contributed by atoms with E-state index in [1.165, 1.54) is 193 Å². The highest BCUT2D eigenvalue weighted by atomic mass is 79.9. The van der Waals surface area contributed by atoms with Crippen LogP contribution >= 0.6 is 54.5 Å². The van der Waals surface area contributed by atoms with Crippen molar-refractivity contribution in [3.8, 4) is 23.7 Å². The molecule has 0 aliphatic rings. The van der Waals surface area contributed by atoms with Crippen LogP contribution in [0.1, 0.15) is 206 Å². The van der Waals surface area contributed by atoms with E-state index < -0.39 is 0 Å². The third kappa shape index (κ3) is 16.1. The molecule has 3 rings (SSSR count). The Morgan fingerprint density at radius 2 is 0.760 bits per heavy atom. The zero-order valence-electron chi connectivity index (χ0n) is 32.3. The third-order valence-corrected chi connectivity index (χ3v) is 13.8. The standard InChI is InChI=1S/C46H68Br2S2/c1-5-9-13-17-19-23-29-37(27-21-15-11-7-3)31-25-33-39-41-35-43(47)50-46(41)40(42-36-44(48)49-45(39)42)34-26-32-38(28-22-16-12-8-4)30-24-20-18-14-10-6-2/h35-38H,5-24,27-32H2,1-4H3. The van der Waals surface area contributed by atoms with Gasteiger partial charge >= 0.3 is 0 Å². The van der Waals surface area contributed by atoms with E-state index in [0.29, 0.717) is 0 Å². The van der Waals surface area contributed by atoms with Gasteiger partial charge in [0.05, 0.1) is 28.1 Å². The van der Waals surface area contributed by atoms with Crippen molar-refractivity contribution in [3.05, 3.63) is 30.8 Å². The molecular weight excluding hydrogens is 776 g/mol. The van der Waals surface area contributed by atoms with Crippen molar-refractivity contribution in [1.82, 2.24) is 0 Å². The summed E-state index contributed by atoms with van der Waals surface area (Å²) in [7, 11) is 0. The maximum atomic E-state index is 3.85. The zero-order valence-corrected chi connectivity index (χ0v) is 37.1. The second-order valence-corrected chi connectivity index (χ2v) is 19.8. The highest BCUT2D eigenvalue weighted by Crippen LogP contribution is 2.43. The molecule has 0 aliphatic heterocycles. The zero-order chi connectivity index (χ0) is 35.8. The molecule has 0 aliphatic carbocycles. The van der Waals surface area contributed by atoms with Gasteiger partial charge in [-0.25, -0.2) is 0 Å². The summed E-state index contributed by atoms with van der Waals surface area (Å²) in [5.74, 6) is 16.4. The highest BCUT2D eigenvalue weighted by Gasteiger charge is 2.18. The lowest BCUT2D eigenvalue weighted by Crippen LogP contribution is -2.00. The monoisotopic (exact) mass is 842 g/mol. The lowest BCUT2D eigenvalue weighted by atomic mass is 9.91. The molecule has 0 saturated heterocycles. The topological polar surface area (TPSA) is 0 Å². The Kier molecular flexibility index (Phi) is 23.5. The Labute approximate surface area is 333 Å². The average Bonchev–Trinajstić information content (AvgIpc) is 3.69. The molecule has 3 aromatic rings. The molecule has 0 amide bonds. The molecule has 0 fully saturated rings. The quantitative estimate of drug-likeness (QED) is 0.0558. The molecular formula is C46H68Br2S2. The van der Waals surface area contributed by atoms with Crippen molar-refractivity contribution in [1.29, 1.82) is 0 Å². The second kappa shape index (κ2) is 26.9. The Morgan fingerprint density at radius 3 is 1.10 bits per heavy atom. The van der Waals surface area contributed by atoms with Crippen LogP contribution in [0.25, 0.3) is 20.2 Å². The molecule has 0 saturated carbocycles. The number of fused-ring (bicyclic) bond motifs is 2. The number of hydrogen-bond donors (Lipinski definition) is 0. The fraction of sp³-hybridized carbons (Fsp3) is 0.696. The second-order valence-electron chi connectivity index (χ2n) is 14.9. The lowest BCUT2D eigenvalue weighted by Gasteiger charge is -2.14. The van der Waals surface area contributed by atoms with Gasteiger partial charge in [-0.15, -0.1) is 22.7 Å². The van der Waals surface area contributed by atoms with Crippen molar-refractivity contribution in [2.24, 2.45) is 11.8 Å². The van der Waals surface area contributed by atoms with Crippen molar-refractivity contribution in [2.75, 3.05) is 0 Å². The Morgan fingerprint density at radius 1 is 0.460 bits per heavy atom. The lowest BCUT2D eigenvalue weighted by molar-refractivity contribution is 0.412. The van der Waals surface area contributed by atoms with Gasteiger partial charge in [0, 0.05) is 23.6 Å². The van der Waals surface area contributed by atoms with E-state index in [0.717, 1.165) is 24.7 Å². The van der Waals surface area contributed by atoms with Gasteiger partial charge in [0.2, 0.25) is 0 Å². The first-order valence-corrected chi connectivity index (χ1v) is 24.1. The molecule has 1 aromatic carbocycles. The van der Waals surface area contributed by atoms with Crippen LogP contribution in [0, 0.1) is 35.5 Å². The molecule has 0 N–H and O–H groups in total. The number of benzene rings is 1. The average molecular weight is 845 g/mol. The summed E-state index contributed by atoms with van der Waals surface area (Å²) in [5.41, 5.74) is 2.42. The van der Waals surface area contributed by atoms with E-state index in [1.54, 1.807) is 0 Å². The van der Waals surface area contributed by atoms with Crippen LogP contribution in [0.4, 0.5) is 0 Å². The molecule has 2 heterocycles. The van der Waals surface area contributed by atoms with Crippen LogP contribution in [0.5, 0.6) is 0 Å². The van der Waals surface area contributed by atoms with Crippen molar-refractivity contribution < 1.29 is 0 Å². The summed E-state index contributed by atoms with van der Waals surface area (Å²) in [6.07, 6.45) is 34.6. The van der Waals surface area contributed by atoms with Crippen LogP contribution < -0.4 is 0 Å². The minimum Gasteiger partial charge on any atom is -0.127 e. The maximum absolute atomic E-state index is 3.85. The maximum Gasteiger partial charge on any atom is 0.0711 e. The molecule has 0 bridgehead atoms. The molecule has 50 heavy (non-hydrogen) atoms. The van der Waals surface area contributed by atoms with Gasteiger partial charge in [-0.1, -0.05) is 180 Å². The van der Waals surface area contributed by atoms with Gasteiger partial charge in [-0.3, -0.25) is 0 Å². The SMILES string of the molecule is CCCCCCCCC(CC#Cc1c2cc(Br)sc2c(C#CCC(CCCCCC)CCCCCCCC)c2cc(Br)sc12)CCCCCC. The minimum atomic E-state index is 0.720. The Balaban J connectivity index is 1.82. The van der Waals surface area contributed by atoms with E-state index in [4.69, 9.17) is 0 Å². The van der Waals surface area contributed by atoms with Gasteiger partial charge in [0.15, 0.2) is 0 Å². The summed E-state index contributed by atoms with van der Waals surface area (Å²) >= 11 is 11.4. The van der Waals surface area contributed by atoms with E-state index in [2.05, 4.69) is 95.4 Å². The number of thiophene rings is 2. The summed E-state index contributed by atoms with van der Waals surface area (Å²) in [6.45, 7) is 9.24. The molecule has 0 spiro atoms. The first kappa shape index (κ1) is 43.6. The van der Waals surface area contributed by atoms with E-state index in [1.807, 2.05) is 22.7 Å². The van der Waals surface area contributed by atoms with Crippen LogP contribution in [0.3, 0.4) is 0 Å². The highest BCUT2D eigenvalue weighted by molar-refractivity contribution is 9.11. The van der Waals surface area contributed by atoms with Crippen molar-refractivity contribution in [2.45, 2.75) is 195 Å². The largest absolute Gasteiger partial charge is 0.127 e. The third-order valence-electron chi connectivity index (χ3n) is 10.5. The smallest absolute Gasteiger partial charge is 0.0711 e. The van der Waals surface area contributed by atoms with Crippen LogP contribution in [-0.4, -0.2) is 0 Å². The number of halogens is 2. The van der Waals surface area contributed by atoms with Crippen LogP contribution in [0.2, 0.25) is 0 Å². The van der Waals surface area contributed by atoms with Crippen LogP contribution in [0.15, 0.2) is 19.7 Å². The fourth-order valence-corrected chi connectivity index (χ4v) is 10.6. The number of hydrogen-bond acceptors (Lipinski definition) is 2. The van der Waals surface area contributed by atoms with E-state index in [9.17, 15) is 0 Å². The van der Waals surface area contributed by atoms with Gasteiger partial charge in [0.25, 0.3) is 0 Å². The number of unbranched alkanes of at least 4 members (excludes halogenated alkanes) is 16. The molecule has 2 aromatic heterocycles. The van der Waals surface area contributed by atoms with Gasteiger partial charge in [-0.2, -0.15) is 0 Å². The molecule has 2 unspecified atom stereocenters. The molecule has 0 radical (unpaired) electrons. The normalized spacial score (nSPS) is 12.6. The van der Waals surface area contributed by atoms with Gasteiger partial charge < -0.3 is 0 Å². The van der Waals surface area contributed by atoms with Crippen molar-refractivity contribution >= 4 is 74.7 Å². The first-order chi connectivity index (χ1) is 24.5. The number of rotatable bonds is 26. The van der Waals surface area contributed by atoms with Crippen molar-refractivity contribution in [3.63, 3.8) is 0 Å². The molecule has 4 heteroatoms. The predicted molar refractivity (Wildman–Crippen MR) is 236 cm³/mol. The predicted octanol–water partition coefficient (Wildman–Crippen LogP) is 17.8. The summed E-state index contributed by atoms with van der Waals surface area (Å²) in [6, 6.07) is 4.60. The Bertz CT molecular complexity index is 1310. The minimum absolute atomic E-state index is 0.720. The molecule has 278 valence electrons. The summed E-state index contributed by atoms with van der Waals surface area (Å²) < 4.78 is 4.93. The molecule has 0 nitrogen and oxygen atoms in total. The fourth-order valence-electron chi connectivity index (χ4n) is 7.37. The van der Waals surface area contributed by atoms with Gasteiger partial charge in [-0.05, 0) is 81.5 Å². The summed E-state index contributed by atoms with van der Waals surface area (Å²) in [4.78, 5) is 0. The van der Waals surface area contributed by atoms with Crippen LogP contribution in [-0.2, 0) is 0 Å². The van der Waals surface area contributed by atoms with E-state index in [-0.39, 0.29) is 0 Å². The first-order valence-electron chi connectivity index (χ1n) is 20.8. The van der Waals surface area contributed by atoms with E-state index >= 15 is 0 Å². The van der Waals surface area contributed by atoms with Gasteiger partial charge in [0.1, 0.15) is 0 Å².